The molecule has 2 aliphatic rings. The highest BCUT2D eigenvalue weighted by Crippen LogP contribution is 2.34. The Kier molecular flexibility index (Phi) is 4.59. The molecule has 0 aliphatic carbocycles. The van der Waals surface area contributed by atoms with E-state index in [1.165, 1.54) is 12.3 Å². The molecule has 0 aromatic carbocycles. The van der Waals surface area contributed by atoms with E-state index in [-0.39, 0.29) is 6.04 Å². The van der Waals surface area contributed by atoms with E-state index in [2.05, 4.69) is 31.6 Å². The van der Waals surface area contributed by atoms with Crippen LogP contribution in [-0.4, -0.2) is 59.8 Å². The number of hydrogen-bond acceptors (Lipinski definition) is 7. The molecule has 2 aliphatic heterocycles. The summed E-state index contributed by atoms with van der Waals surface area (Å²) in [6.07, 6.45) is 5.99. The van der Waals surface area contributed by atoms with Gasteiger partial charge in [-0.15, -0.1) is 10.2 Å². The number of aliphatic imine (C=N–C) groups is 1. The molecule has 1 atom stereocenters. The van der Waals surface area contributed by atoms with Crippen molar-refractivity contribution in [3.05, 3.63) is 61.0 Å². The number of morpholine rings is 1. The van der Waals surface area contributed by atoms with Crippen molar-refractivity contribution in [2.75, 3.05) is 19.8 Å². The quantitative estimate of drug-likeness (QED) is 0.684. The molecular formula is C20H20FN9O. The number of ether oxygens (including phenoxy) is 1. The van der Waals surface area contributed by atoms with Crippen LogP contribution in [0.15, 0.2) is 48.5 Å². The number of aromatic nitrogens is 6. The number of fused-ring (bicyclic) bond motifs is 3. The maximum atomic E-state index is 13.3. The van der Waals surface area contributed by atoms with Gasteiger partial charge in [0.05, 0.1) is 19.4 Å². The smallest absolute Gasteiger partial charge is 0.164 e. The number of hydrogen-bond donors (Lipinski definition) is 1. The second-order valence-electron chi connectivity index (χ2n) is 7.11. The second-order valence-corrected chi connectivity index (χ2v) is 7.11. The topological polar surface area (TPSA) is 112 Å². The zero-order valence-corrected chi connectivity index (χ0v) is 16.8. The standard InChI is InChI=1S/C20H20FN9O/c1-12(28-6-5-23-18(28)15-4-3-14(21)10-24-15)25-19-16(9-22)30-13(2)26-27-20(30)17-11-31-8-7-29(17)19/h3-6,9-10,17H,1,7-8,11,22H2,2H3/b16-9+,25-19+. The lowest BCUT2D eigenvalue weighted by Gasteiger charge is -2.41. The number of nitrogens with two attached hydrogens (primary N) is 1. The Morgan fingerprint density at radius 1 is 1.35 bits per heavy atom. The van der Waals surface area contributed by atoms with Gasteiger partial charge < -0.3 is 15.4 Å². The average Bonchev–Trinajstić information content (AvgIpc) is 3.42. The highest BCUT2D eigenvalue weighted by atomic mass is 19.1. The van der Waals surface area contributed by atoms with Gasteiger partial charge in [0.15, 0.2) is 17.5 Å². The molecule has 11 heteroatoms. The van der Waals surface area contributed by atoms with Crippen molar-refractivity contribution >= 4 is 17.4 Å². The van der Waals surface area contributed by atoms with Gasteiger partial charge in [-0.25, -0.2) is 19.4 Å². The van der Waals surface area contributed by atoms with E-state index < -0.39 is 5.82 Å². The Hall–Kier alpha value is -3.86. The van der Waals surface area contributed by atoms with Crippen LogP contribution in [0, 0.1) is 12.7 Å². The van der Waals surface area contributed by atoms with E-state index in [1.54, 1.807) is 23.0 Å². The lowest BCUT2D eigenvalue weighted by atomic mass is 10.1. The molecule has 5 heterocycles. The van der Waals surface area contributed by atoms with Crippen molar-refractivity contribution in [1.82, 2.24) is 34.2 Å². The fraction of sp³-hybridized carbons (Fsp3) is 0.250. The molecule has 1 saturated heterocycles. The summed E-state index contributed by atoms with van der Waals surface area (Å²) in [6, 6.07) is 2.76. The molecule has 1 fully saturated rings. The van der Waals surface area contributed by atoms with E-state index in [0.717, 1.165) is 12.0 Å². The monoisotopic (exact) mass is 421 g/mol. The SMILES string of the molecule is C=C(/N=C1\C(=C/N)n2c(C)nnc2C2COCCN12)n1ccnc1-c1ccc(F)cn1. The lowest BCUT2D eigenvalue weighted by Crippen LogP contribution is -2.49. The first-order valence-corrected chi connectivity index (χ1v) is 9.70. The molecule has 10 nitrogen and oxygen atoms in total. The predicted octanol–water partition coefficient (Wildman–Crippen LogP) is 1.66. The summed E-state index contributed by atoms with van der Waals surface area (Å²) in [5.41, 5.74) is 7.19. The second kappa shape index (κ2) is 7.43. The number of aryl methyl sites for hydroxylation is 1. The molecule has 0 bridgehead atoms. The summed E-state index contributed by atoms with van der Waals surface area (Å²) < 4.78 is 22.6. The maximum Gasteiger partial charge on any atom is 0.164 e. The van der Waals surface area contributed by atoms with Gasteiger partial charge in [-0.3, -0.25) is 9.13 Å². The van der Waals surface area contributed by atoms with Crippen LogP contribution in [0.1, 0.15) is 17.7 Å². The van der Waals surface area contributed by atoms with E-state index in [0.29, 0.717) is 54.5 Å². The number of amidine groups is 1. The average molecular weight is 421 g/mol. The molecule has 0 amide bonds. The molecular weight excluding hydrogens is 401 g/mol. The fourth-order valence-corrected chi connectivity index (χ4v) is 3.87. The third-order valence-electron chi connectivity index (χ3n) is 5.29. The molecule has 0 radical (unpaired) electrons. The van der Waals surface area contributed by atoms with Crippen LogP contribution in [-0.2, 0) is 4.74 Å². The summed E-state index contributed by atoms with van der Waals surface area (Å²) in [5.74, 6) is 2.60. The van der Waals surface area contributed by atoms with E-state index in [9.17, 15) is 4.39 Å². The van der Waals surface area contributed by atoms with Gasteiger partial charge in [0.1, 0.15) is 34.9 Å². The predicted molar refractivity (Wildman–Crippen MR) is 112 cm³/mol. The van der Waals surface area contributed by atoms with Crippen LogP contribution >= 0.6 is 0 Å². The fourth-order valence-electron chi connectivity index (χ4n) is 3.87. The number of nitrogens with zero attached hydrogens (tertiary/aromatic N) is 8. The minimum atomic E-state index is -0.417. The Labute approximate surface area is 177 Å². The molecule has 1 unspecified atom stereocenters. The molecule has 0 spiro atoms. The molecule has 0 saturated carbocycles. The number of pyridine rings is 1. The summed E-state index contributed by atoms with van der Waals surface area (Å²) in [7, 11) is 0. The molecule has 158 valence electrons. The van der Waals surface area contributed by atoms with Crippen LogP contribution in [0.2, 0.25) is 0 Å². The first-order valence-electron chi connectivity index (χ1n) is 9.70. The normalized spacial score (nSPS) is 20.7. The molecule has 5 rings (SSSR count). The third kappa shape index (κ3) is 3.10. The van der Waals surface area contributed by atoms with Gasteiger partial charge >= 0.3 is 0 Å². The van der Waals surface area contributed by atoms with E-state index in [4.69, 9.17) is 15.5 Å². The Balaban J connectivity index is 1.59. The van der Waals surface area contributed by atoms with Gasteiger partial charge in [0.25, 0.3) is 0 Å². The maximum absolute atomic E-state index is 13.3. The summed E-state index contributed by atoms with van der Waals surface area (Å²) in [5, 5.41) is 8.54. The number of imidazole rings is 1. The largest absolute Gasteiger partial charge is 0.403 e. The van der Waals surface area contributed by atoms with Crippen LogP contribution in [0.4, 0.5) is 4.39 Å². The zero-order valence-electron chi connectivity index (χ0n) is 16.8. The Morgan fingerprint density at radius 3 is 3.00 bits per heavy atom. The first-order chi connectivity index (χ1) is 15.1. The highest BCUT2D eigenvalue weighted by molar-refractivity contribution is 6.19. The highest BCUT2D eigenvalue weighted by Gasteiger charge is 2.39. The van der Waals surface area contributed by atoms with Crippen molar-refractivity contribution in [2.24, 2.45) is 10.7 Å². The van der Waals surface area contributed by atoms with Gasteiger partial charge in [0.2, 0.25) is 0 Å². The summed E-state index contributed by atoms with van der Waals surface area (Å²) in [4.78, 5) is 15.4. The van der Waals surface area contributed by atoms with Crippen LogP contribution in [0.5, 0.6) is 0 Å². The van der Waals surface area contributed by atoms with Crippen molar-refractivity contribution < 1.29 is 9.13 Å². The number of rotatable bonds is 3. The van der Waals surface area contributed by atoms with Gasteiger partial charge in [-0.1, -0.05) is 6.58 Å². The van der Waals surface area contributed by atoms with Gasteiger partial charge in [0, 0.05) is 25.1 Å². The van der Waals surface area contributed by atoms with Crippen LogP contribution in [0.3, 0.4) is 0 Å². The van der Waals surface area contributed by atoms with Crippen LogP contribution in [0.25, 0.3) is 23.0 Å². The third-order valence-corrected chi connectivity index (χ3v) is 5.29. The van der Waals surface area contributed by atoms with E-state index >= 15 is 0 Å². The van der Waals surface area contributed by atoms with Crippen molar-refractivity contribution in [2.45, 2.75) is 13.0 Å². The lowest BCUT2D eigenvalue weighted by molar-refractivity contribution is 0.0205. The minimum absolute atomic E-state index is 0.133. The molecule has 3 aromatic rings. The molecule has 2 N–H and O–H groups in total. The molecule has 3 aromatic heterocycles. The van der Waals surface area contributed by atoms with Crippen LogP contribution < -0.4 is 5.73 Å². The van der Waals surface area contributed by atoms with Gasteiger partial charge in [-0.2, -0.15) is 0 Å². The summed E-state index contributed by atoms with van der Waals surface area (Å²) in [6.45, 7) is 7.64. The van der Waals surface area contributed by atoms with Crippen molar-refractivity contribution in [3.63, 3.8) is 0 Å². The summed E-state index contributed by atoms with van der Waals surface area (Å²) >= 11 is 0. The Bertz CT molecular complexity index is 1210. The Morgan fingerprint density at radius 2 is 2.23 bits per heavy atom. The molecule has 31 heavy (non-hydrogen) atoms. The number of halogens is 1. The first kappa shape index (κ1) is 19.1. The minimum Gasteiger partial charge on any atom is -0.403 e. The van der Waals surface area contributed by atoms with Gasteiger partial charge in [-0.05, 0) is 19.1 Å². The zero-order chi connectivity index (χ0) is 21.5. The van der Waals surface area contributed by atoms with E-state index in [1.807, 2.05) is 11.5 Å². The van der Waals surface area contributed by atoms with Crippen molar-refractivity contribution in [1.29, 1.82) is 0 Å². The van der Waals surface area contributed by atoms with Crippen molar-refractivity contribution in [3.8, 4) is 11.5 Å².